The molecule has 0 bridgehead atoms. The summed E-state index contributed by atoms with van der Waals surface area (Å²) in [6, 6.07) is 6.65. The Kier molecular flexibility index (Phi) is 5.84. The first kappa shape index (κ1) is 19.1. The van der Waals surface area contributed by atoms with Crippen molar-refractivity contribution in [3.63, 3.8) is 0 Å². The highest BCUT2D eigenvalue weighted by Crippen LogP contribution is 2.24. The van der Waals surface area contributed by atoms with Crippen molar-refractivity contribution in [1.82, 2.24) is 9.21 Å². The predicted molar refractivity (Wildman–Crippen MR) is 101 cm³/mol. The van der Waals surface area contributed by atoms with Crippen LogP contribution in [0.2, 0.25) is 0 Å². The second kappa shape index (κ2) is 7.94. The first-order chi connectivity index (χ1) is 12.3. The number of benzene rings is 1. The lowest BCUT2D eigenvalue weighted by Crippen LogP contribution is -2.42. The molecule has 2 aliphatic heterocycles. The second-order valence-electron chi connectivity index (χ2n) is 7.17. The smallest absolute Gasteiger partial charge is 0.242 e. The van der Waals surface area contributed by atoms with Gasteiger partial charge in [0.15, 0.2) is 0 Å². The Morgan fingerprint density at radius 2 is 1.77 bits per heavy atom. The molecule has 0 saturated carbocycles. The van der Waals surface area contributed by atoms with E-state index in [1.54, 1.807) is 12.1 Å². The van der Waals surface area contributed by atoms with Crippen LogP contribution in [-0.4, -0.2) is 68.6 Å². The number of ether oxygens (including phenoxy) is 1. The largest absolute Gasteiger partial charge is 0.490 e. The van der Waals surface area contributed by atoms with Crippen molar-refractivity contribution in [3.8, 4) is 5.75 Å². The van der Waals surface area contributed by atoms with Crippen LogP contribution in [0, 0.1) is 0 Å². The molecule has 3 rings (SSSR count). The van der Waals surface area contributed by atoms with Crippen LogP contribution in [0.1, 0.15) is 25.7 Å². The SMILES string of the molecule is CN1CCC(Oc2ccc(NC(=O)[C@@H]3CCCN3S(C)(=O)=O)cc2)CC1. The van der Waals surface area contributed by atoms with E-state index in [4.69, 9.17) is 4.74 Å². The van der Waals surface area contributed by atoms with Gasteiger partial charge in [-0.3, -0.25) is 4.79 Å². The van der Waals surface area contributed by atoms with Gasteiger partial charge in [-0.2, -0.15) is 4.31 Å². The molecule has 0 radical (unpaired) electrons. The predicted octanol–water partition coefficient (Wildman–Crippen LogP) is 1.52. The normalized spacial score (nSPS) is 23.1. The topological polar surface area (TPSA) is 79.0 Å². The molecular formula is C18H27N3O4S. The number of piperidine rings is 1. The van der Waals surface area contributed by atoms with Gasteiger partial charge in [0.25, 0.3) is 0 Å². The van der Waals surface area contributed by atoms with Crippen LogP contribution < -0.4 is 10.1 Å². The van der Waals surface area contributed by atoms with Gasteiger partial charge in [0.1, 0.15) is 17.9 Å². The number of carbonyl (C=O) groups excluding carboxylic acids is 1. The second-order valence-corrected chi connectivity index (χ2v) is 9.10. The molecule has 0 spiro atoms. The van der Waals surface area contributed by atoms with Crippen molar-refractivity contribution < 1.29 is 17.9 Å². The summed E-state index contributed by atoms with van der Waals surface area (Å²) in [5.74, 6) is 0.507. The monoisotopic (exact) mass is 381 g/mol. The van der Waals surface area contributed by atoms with Crippen molar-refractivity contribution in [2.24, 2.45) is 0 Å². The maximum absolute atomic E-state index is 12.5. The van der Waals surface area contributed by atoms with E-state index in [1.165, 1.54) is 4.31 Å². The maximum Gasteiger partial charge on any atom is 0.242 e. The lowest BCUT2D eigenvalue weighted by Gasteiger charge is -2.29. The van der Waals surface area contributed by atoms with Gasteiger partial charge < -0.3 is 15.0 Å². The molecule has 7 nitrogen and oxygen atoms in total. The molecule has 1 atom stereocenters. The average molecular weight is 381 g/mol. The molecular weight excluding hydrogens is 354 g/mol. The quantitative estimate of drug-likeness (QED) is 0.837. The summed E-state index contributed by atoms with van der Waals surface area (Å²) in [5.41, 5.74) is 0.645. The molecule has 0 aliphatic carbocycles. The number of carbonyl (C=O) groups is 1. The molecule has 1 N–H and O–H groups in total. The zero-order valence-corrected chi connectivity index (χ0v) is 16.2. The van der Waals surface area contributed by atoms with E-state index in [0.717, 1.165) is 37.9 Å². The van der Waals surface area contributed by atoms with Gasteiger partial charge in [-0.25, -0.2) is 8.42 Å². The van der Waals surface area contributed by atoms with Crippen molar-refractivity contribution in [2.45, 2.75) is 37.8 Å². The third kappa shape index (κ3) is 4.75. The molecule has 2 saturated heterocycles. The zero-order chi connectivity index (χ0) is 18.7. The van der Waals surface area contributed by atoms with Gasteiger partial charge in [-0.15, -0.1) is 0 Å². The molecule has 1 aromatic rings. The fraction of sp³-hybridized carbons (Fsp3) is 0.611. The van der Waals surface area contributed by atoms with Crippen molar-refractivity contribution in [3.05, 3.63) is 24.3 Å². The summed E-state index contributed by atoms with van der Waals surface area (Å²) in [4.78, 5) is 14.7. The Bertz CT molecular complexity index is 727. The number of anilines is 1. The number of rotatable bonds is 5. The minimum Gasteiger partial charge on any atom is -0.490 e. The van der Waals surface area contributed by atoms with E-state index in [2.05, 4.69) is 17.3 Å². The molecule has 1 aromatic carbocycles. The molecule has 2 heterocycles. The molecule has 8 heteroatoms. The van der Waals surface area contributed by atoms with Crippen molar-refractivity contribution in [2.75, 3.05) is 38.3 Å². The summed E-state index contributed by atoms with van der Waals surface area (Å²) in [5, 5.41) is 2.82. The molecule has 2 aliphatic rings. The average Bonchev–Trinajstić information content (AvgIpc) is 3.09. The Balaban J connectivity index is 1.56. The number of nitrogens with one attached hydrogen (secondary N) is 1. The van der Waals surface area contributed by atoms with Gasteiger partial charge in [0.05, 0.1) is 6.26 Å². The standard InChI is InChI=1S/C18H27N3O4S/c1-20-12-9-16(10-13-20)25-15-7-5-14(6-8-15)19-18(22)17-4-3-11-21(17)26(2,23)24/h5-8,16-17H,3-4,9-13H2,1-2H3,(H,19,22)/t17-/m0/s1. The Hall–Kier alpha value is -1.64. The van der Waals surface area contributed by atoms with E-state index in [1.807, 2.05) is 12.1 Å². The highest BCUT2D eigenvalue weighted by molar-refractivity contribution is 7.88. The summed E-state index contributed by atoms with van der Waals surface area (Å²) >= 11 is 0. The van der Waals surface area contributed by atoms with Crippen molar-refractivity contribution >= 4 is 21.6 Å². The fourth-order valence-corrected chi connectivity index (χ4v) is 4.66. The summed E-state index contributed by atoms with van der Waals surface area (Å²) < 4.78 is 30.8. The number of hydrogen-bond acceptors (Lipinski definition) is 5. The first-order valence-electron chi connectivity index (χ1n) is 9.06. The lowest BCUT2D eigenvalue weighted by atomic mass is 10.1. The van der Waals surface area contributed by atoms with Crippen LogP contribution in [-0.2, 0) is 14.8 Å². The molecule has 2 fully saturated rings. The third-order valence-corrected chi connectivity index (χ3v) is 6.31. The number of hydrogen-bond donors (Lipinski definition) is 1. The highest BCUT2D eigenvalue weighted by atomic mass is 32.2. The highest BCUT2D eigenvalue weighted by Gasteiger charge is 2.36. The third-order valence-electron chi connectivity index (χ3n) is 5.02. The van der Waals surface area contributed by atoms with Gasteiger partial charge in [-0.1, -0.05) is 0 Å². The molecule has 26 heavy (non-hydrogen) atoms. The number of likely N-dealkylation sites (tertiary alicyclic amines) is 1. The summed E-state index contributed by atoms with van der Waals surface area (Å²) in [6.45, 7) is 2.48. The van der Waals surface area contributed by atoms with Gasteiger partial charge in [0.2, 0.25) is 15.9 Å². The van der Waals surface area contributed by atoms with Crippen LogP contribution in [0.5, 0.6) is 5.75 Å². The minimum atomic E-state index is -3.37. The van der Waals surface area contributed by atoms with Crippen LogP contribution in [0.3, 0.4) is 0 Å². The number of sulfonamides is 1. The van der Waals surface area contributed by atoms with Gasteiger partial charge in [-0.05, 0) is 57.0 Å². The van der Waals surface area contributed by atoms with Gasteiger partial charge in [0, 0.05) is 25.3 Å². The number of nitrogens with zero attached hydrogens (tertiary/aromatic N) is 2. The van der Waals surface area contributed by atoms with Crippen LogP contribution in [0.25, 0.3) is 0 Å². The van der Waals surface area contributed by atoms with E-state index in [0.29, 0.717) is 25.1 Å². The summed E-state index contributed by atoms with van der Waals surface area (Å²) in [7, 11) is -1.25. The Labute approximate surface area is 155 Å². The number of amides is 1. The van der Waals surface area contributed by atoms with Crippen LogP contribution >= 0.6 is 0 Å². The van der Waals surface area contributed by atoms with E-state index in [-0.39, 0.29) is 12.0 Å². The first-order valence-corrected chi connectivity index (χ1v) is 10.9. The summed E-state index contributed by atoms with van der Waals surface area (Å²) in [6.07, 6.45) is 4.66. The molecule has 0 unspecified atom stereocenters. The van der Waals surface area contributed by atoms with Gasteiger partial charge >= 0.3 is 0 Å². The van der Waals surface area contributed by atoms with Crippen LogP contribution in [0.4, 0.5) is 5.69 Å². The van der Waals surface area contributed by atoms with Crippen molar-refractivity contribution in [1.29, 1.82) is 0 Å². The lowest BCUT2D eigenvalue weighted by molar-refractivity contribution is -0.119. The Morgan fingerprint density at radius 3 is 2.38 bits per heavy atom. The molecule has 144 valence electrons. The van der Waals surface area contributed by atoms with E-state index in [9.17, 15) is 13.2 Å². The van der Waals surface area contributed by atoms with E-state index >= 15 is 0 Å². The van der Waals surface area contributed by atoms with E-state index < -0.39 is 16.1 Å². The molecule has 0 aromatic heterocycles. The Morgan fingerprint density at radius 1 is 1.12 bits per heavy atom. The fourth-order valence-electron chi connectivity index (χ4n) is 3.54. The molecule has 1 amide bonds. The minimum absolute atomic E-state index is 0.230. The maximum atomic E-state index is 12.5. The van der Waals surface area contributed by atoms with Crippen LogP contribution in [0.15, 0.2) is 24.3 Å². The zero-order valence-electron chi connectivity index (χ0n) is 15.3.